The molecule has 3 aromatic carbocycles. The topological polar surface area (TPSA) is 64.1 Å². The molecule has 4 aromatic rings. The summed E-state index contributed by atoms with van der Waals surface area (Å²) >= 11 is 7.54. The summed E-state index contributed by atoms with van der Waals surface area (Å²) in [7, 11) is 1.60. The molecule has 1 N–H and O–H groups in total. The first-order valence-corrected chi connectivity index (χ1v) is 10.6. The Morgan fingerprint density at radius 3 is 2.53 bits per heavy atom. The first kappa shape index (κ1) is 20.2. The van der Waals surface area contributed by atoms with Crippen LogP contribution in [-0.2, 0) is 4.79 Å². The Kier molecular flexibility index (Phi) is 6.16. The highest BCUT2D eigenvalue weighted by atomic mass is 35.5. The molecule has 7 heteroatoms. The number of hydrogen-bond acceptors (Lipinski definition) is 5. The van der Waals surface area contributed by atoms with E-state index < -0.39 is 0 Å². The largest absolute Gasteiger partial charge is 0.497 e. The molecular formula is C23H18ClN3O2S. The monoisotopic (exact) mass is 435 g/mol. The van der Waals surface area contributed by atoms with Crippen LogP contribution in [0, 0.1) is 0 Å². The van der Waals surface area contributed by atoms with E-state index in [4.69, 9.17) is 21.3 Å². The summed E-state index contributed by atoms with van der Waals surface area (Å²) < 4.78 is 5.14. The summed E-state index contributed by atoms with van der Waals surface area (Å²) in [4.78, 5) is 21.8. The molecule has 0 atom stereocenters. The quantitative estimate of drug-likeness (QED) is 0.311. The number of hydrogen-bond donors (Lipinski definition) is 1. The van der Waals surface area contributed by atoms with Crippen molar-refractivity contribution in [2.24, 2.45) is 0 Å². The number of carbonyl (C=O) groups is 1. The number of aromatic nitrogens is 2. The Labute approximate surface area is 183 Å². The minimum Gasteiger partial charge on any atom is -0.497 e. The van der Waals surface area contributed by atoms with Crippen LogP contribution in [0.5, 0.6) is 5.75 Å². The number of halogens is 1. The van der Waals surface area contributed by atoms with Crippen molar-refractivity contribution in [1.82, 2.24) is 9.97 Å². The van der Waals surface area contributed by atoms with E-state index in [9.17, 15) is 4.79 Å². The number of fused-ring (bicyclic) bond motifs is 1. The number of anilines is 1. The second-order valence-corrected chi connectivity index (χ2v) is 7.85. The van der Waals surface area contributed by atoms with Crippen LogP contribution in [0.2, 0.25) is 5.02 Å². The van der Waals surface area contributed by atoms with Crippen molar-refractivity contribution in [2.45, 2.75) is 5.03 Å². The minimum absolute atomic E-state index is 0.125. The lowest BCUT2D eigenvalue weighted by molar-refractivity contribution is -0.113. The van der Waals surface area contributed by atoms with Gasteiger partial charge in [-0.15, -0.1) is 0 Å². The van der Waals surface area contributed by atoms with Gasteiger partial charge < -0.3 is 10.1 Å². The number of amides is 1. The maximum Gasteiger partial charge on any atom is 0.234 e. The molecule has 0 aliphatic carbocycles. The van der Waals surface area contributed by atoms with E-state index in [-0.39, 0.29) is 11.7 Å². The molecule has 0 bridgehead atoms. The van der Waals surface area contributed by atoms with Crippen LogP contribution in [0.3, 0.4) is 0 Å². The van der Waals surface area contributed by atoms with Crippen molar-refractivity contribution in [3.8, 4) is 17.1 Å². The third-order valence-electron chi connectivity index (χ3n) is 4.37. The molecule has 4 rings (SSSR count). The number of carbonyl (C=O) groups excluding carboxylic acids is 1. The fourth-order valence-corrected chi connectivity index (χ4v) is 3.89. The second kappa shape index (κ2) is 9.15. The van der Waals surface area contributed by atoms with Gasteiger partial charge in [-0.3, -0.25) is 4.79 Å². The van der Waals surface area contributed by atoms with Crippen molar-refractivity contribution >= 4 is 45.9 Å². The van der Waals surface area contributed by atoms with Crippen LogP contribution in [0.15, 0.2) is 77.8 Å². The molecule has 150 valence electrons. The Hall–Kier alpha value is -3.09. The van der Waals surface area contributed by atoms with Crippen molar-refractivity contribution in [1.29, 1.82) is 0 Å². The Morgan fingerprint density at radius 2 is 1.80 bits per heavy atom. The normalized spacial score (nSPS) is 10.7. The van der Waals surface area contributed by atoms with Crippen molar-refractivity contribution in [3.05, 3.63) is 77.8 Å². The molecule has 1 aromatic heterocycles. The molecule has 0 aliphatic heterocycles. The van der Waals surface area contributed by atoms with E-state index in [0.29, 0.717) is 21.6 Å². The zero-order chi connectivity index (χ0) is 20.9. The molecular weight excluding hydrogens is 418 g/mol. The molecule has 1 heterocycles. The van der Waals surface area contributed by atoms with E-state index in [1.54, 1.807) is 37.4 Å². The molecule has 0 unspecified atom stereocenters. The van der Waals surface area contributed by atoms with Gasteiger partial charge in [0, 0.05) is 21.7 Å². The van der Waals surface area contributed by atoms with Crippen LogP contribution < -0.4 is 10.1 Å². The Balaban J connectivity index is 1.57. The smallest absolute Gasteiger partial charge is 0.234 e. The first-order valence-electron chi connectivity index (χ1n) is 9.22. The SMILES string of the molecule is COc1ccc(NC(=O)CSc2nc(-c3ccccc3)nc3ccc(Cl)cc23)cc1. The van der Waals surface area contributed by atoms with Gasteiger partial charge >= 0.3 is 0 Å². The molecule has 0 saturated heterocycles. The van der Waals surface area contributed by atoms with E-state index in [0.717, 1.165) is 22.2 Å². The van der Waals surface area contributed by atoms with Crippen molar-refractivity contribution in [2.75, 3.05) is 18.2 Å². The standard InChI is InChI=1S/C23H18ClN3O2S/c1-29-18-10-8-17(9-11-18)25-21(28)14-30-23-19-13-16(24)7-12-20(19)26-22(27-23)15-5-3-2-4-6-15/h2-13H,14H2,1H3,(H,25,28). The first-order chi connectivity index (χ1) is 14.6. The number of benzene rings is 3. The third-order valence-corrected chi connectivity index (χ3v) is 5.59. The minimum atomic E-state index is -0.125. The lowest BCUT2D eigenvalue weighted by Crippen LogP contribution is -2.14. The number of nitrogens with zero attached hydrogens (tertiary/aromatic N) is 2. The maximum absolute atomic E-state index is 12.5. The van der Waals surface area contributed by atoms with Crippen LogP contribution in [0.4, 0.5) is 5.69 Å². The Bertz CT molecular complexity index is 1180. The highest BCUT2D eigenvalue weighted by Crippen LogP contribution is 2.30. The van der Waals surface area contributed by atoms with Gasteiger partial charge in [-0.25, -0.2) is 9.97 Å². The average molecular weight is 436 g/mol. The van der Waals surface area contributed by atoms with Gasteiger partial charge in [0.2, 0.25) is 5.91 Å². The highest BCUT2D eigenvalue weighted by molar-refractivity contribution is 8.00. The zero-order valence-corrected chi connectivity index (χ0v) is 17.7. The summed E-state index contributed by atoms with van der Waals surface area (Å²) in [6.45, 7) is 0. The molecule has 0 aliphatic rings. The lowest BCUT2D eigenvalue weighted by Gasteiger charge is -2.10. The Morgan fingerprint density at radius 1 is 1.03 bits per heavy atom. The van der Waals surface area contributed by atoms with E-state index in [2.05, 4.69) is 10.3 Å². The second-order valence-electron chi connectivity index (χ2n) is 6.45. The van der Waals surface area contributed by atoms with Gasteiger partial charge in [0.05, 0.1) is 18.4 Å². The van der Waals surface area contributed by atoms with E-state index in [1.807, 2.05) is 42.5 Å². The van der Waals surface area contributed by atoms with E-state index >= 15 is 0 Å². The maximum atomic E-state index is 12.5. The summed E-state index contributed by atoms with van der Waals surface area (Å²) in [6.07, 6.45) is 0. The molecule has 30 heavy (non-hydrogen) atoms. The number of nitrogens with one attached hydrogen (secondary N) is 1. The van der Waals surface area contributed by atoms with Crippen molar-refractivity contribution < 1.29 is 9.53 Å². The number of thioether (sulfide) groups is 1. The fourth-order valence-electron chi connectivity index (χ4n) is 2.90. The number of ether oxygens (including phenoxy) is 1. The average Bonchev–Trinajstić information content (AvgIpc) is 2.78. The van der Waals surface area contributed by atoms with Gasteiger partial charge in [0.25, 0.3) is 0 Å². The molecule has 0 spiro atoms. The number of rotatable bonds is 6. The zero-order valence-electron chi connectivity index (χ0n) is 16.1. The van der Waals surface area contributed by atoms with Gasteiger partial charge in [-0.1, -0.05) is 53.7 Å². The van der Waals surface area contributed by atoms with Gasteiger partial charge in [0.15, 0.2) is 5.82 Å². The number of methoxy groups -OCH3 is 1. The van der Waals surface area contributed by atoms with Gasteiger partial charge in [0.1, 0.15) is 10.8 Å². The predicted molar refractivity (Wildman–Crippen MR) is 122 cm³/mol. The summed E-state index contributed by atoms with van der Waals surface area (Å²) in [5.74, 6) is 1.43. The van der Waals surface area contributed by atoms with Crippen LogP contribution in [0.1, 0.15) is 0 Å². The van der Waals surface area contributed by atoms with Gasteiger partial charge in [-0.2, -0.15) is 0 Å². The fraction of sp³-hybridized carbons (Fsp3) is 0.0870. The summed E-state index contributed by atoms with van der Waals surface area (Å²) in [6, 6.07) is 22.5. The summed E-state index contributed by atoms with van der Waals surface area (Å²) in [5.41, 5.74) is 2.41. The van der Waals surface area contributed by atoms with Crippen LogP contribution in [0.25, 0.3) is 22.3 Å². The highest BCUT2D eigenvalue weighted by Gasteiger charge is 2.13. The molecule has 1 amide bonds. The molecule has 0 fully saturated rings. The third kappa shape index (κ3) is 4.72. The lowest BCUT2D eigenvalue weighted by atomic mass is 10.2. The predicted octanol–water partition coefficient (Wildman–Crippen LogP) is 5.69. The molecule has 0 radical (unpaired) electrons. The van der Waals surface area contributed by atoms with Crippen LogP contribution in [-0.4, -0.2) is 28.7 Å². The molecule has 5 nitrogen and oxygen atoms in total. The molecule has 0 saturated carbocycles. The summed E-state index contributed by atoms with van der Waals surface area (Å²) in [5, 5.41) is 5.02. The van der Waals surface area contributed by atoms with Crippen LogP contribution >= 0.6 is 23.4 Å². The van der Waals surface area contributed by atoms with Crippen molar-refractivity contribution in [3.63, 3.8) is 0 Å². The van der Waals surface area contributed by atoms with E-state index in [1.165, 1.54) is 11.8 Å². The van der Waals surface area contributed by atoms with Gasteiger partial charge in [-0.05, 0) is 42.5 Å².